The van der Waals surface area contributed by atoms with Crippen LogP contribution in [0, 0.1) is 20.2 Å². The molecule has 0 atom stereocenters. The average Bonchev–Trinajstić information content (AvgIpc) is 3.66. The summed E-state index contributed by atoms with van der Waals surface area (Å²) >= 11 is 0. The van der Waals surface area contributed by atoms with Crippen molar-refractivity contribution >= 4 is 51.1 Å². The number of rotatable bonds is 6. The van der Waals surface area contributed by atoms with Gasteiger partial charge >= 0.3 is 6.98 Å². The molecule has 0 saturated carbocycles. The summed E-state index contributed by atoms with van der Waals surface area (Å²) in [6.07, 6.45) is 3.80. The van der Waals surface area contributed by atoms with Gasteiger partial charge in [-0.1, -0.05) is 130 Å². The van der Waals surface area contributed by atoms with Crippen LogP contribution in [0.25, 0.3) is 44.3 Å². The minimum atomic E-state index is -0.232. The summed E-state index contributed by atoms with van der Waals surface area (Å²) in [7, 11) is 2.18. The summed E-state index contributed by atoms with van der Waals surface area (Å²) in [6.45, 7) is 11.0. The van der Waals surface area contributed by atoms with Gasteiger partial charge in [-0.2, -0.15) is 0 Å². The highest BCUT2D eigenvalue weighted by Crippen LogP contribution is 2.34. The zero-order chi connectivity index (χ0) is 33.9. The minimum Gasteiger partial charge on any atom is -0.359 e. The van der Waals surface area contributed by atoms with E-state index in [1.165, 1.54) is 32.9 Å². The molecule has 0 saturated heterocycles. The van der Waals surface area contributed by atoms with Crippen LogP contribution in [0.3, 0.4) is 0 Å². The van der Waals surface area contributed by atoms with Crippen LogP contribution in [-0.4, -0.2) is 28.1 Å². The van der Waals surface area contributed by atoms with E-state index in [0.29, 0.717) is 0 Å². The van der Waals surface area contributed by atoms with Crippen molar-refractivity contribution in [2.45, 2.75) is 40.0 Å². The van der Waals surface area contributed by atoms with Crippen molar-refractivity contribution in [3.05, 3.63) is 156 Å². The van der Waals surface area contributed by atoms with Crippen LogP contribution < -0.4 is 14.8 Å². The normalized spacial score (nSPS) is 11.9. The van der Waals surface area contributed by atoms with Crippen molar-refractivity contribution in [2.24, 2.45) is 0 Å². The van der Waals surface area contributed by atoms with Gasteiger partial charge in [0.15, 0.2) is 0 Å². The summed E-state index contributed by atoms with van der Waals surface area (Å²) < 4.78 is 6.79. The second kappa shape index (κ2) is 11.8. The molecular weight excluding hydrogens is 597 g/mol. The number of para-hydroxylation sites is 5. The summed E-state index contributed by atoms with van der Waals surface area (Å²) in [4.78, 5) is 7.85. The number of aryl methyl sites for hydroxylation is 2. The molecule has 6 heteroatoms. The monoisotopic (exact) mass is 637 g/mol. The molecule has 0 fully saturated rings. The van der Waals surface area contributed by atoms with Crippen molar-refractivity contribution in [1.29, 1.82) is 0 Å². The molecule has 0 unspecified atom stereocenters. The van der Waals surface area contributed by atoms with Crippen LogP contribution in [0.15, 0.2) is 133 Å². The first-order chi connectivity index (χ1) is 23.7. The molecule has 0 aliphatic carbocycles. The molecule has 0 aliphatic heterocycles. The Balaban J connectivity index is 1.40. The third kappa shape index (κ3) is 5.19. The van der Waals surface area contributed by atoms with Crippen molar-refractivity contribution in [1.82, 2.24) is 14.1 Å². The van der Waals surface area contributed by atoms with E-state index < -0.39 is 0 Å². The second-order valence-corrected chi connectivity index (χ2v) is 14.1. The first-order valence-electron chi connectivity index (χ1n) is 17.0. The third-order valence-corrected chi connectivity index (χ3v) is 9.85. The number of aromatic nitrogens is 4. The van der Waals surface area contributed by atoms with E-state index in [1.54, 1.807) is 0 Å². The molecule has 0 amide bonds. The van der Waals surface area contributed by atoms with Crippen LogP contribution in [-0.2, 0) is 5.41 Å². The summed E-state index contributed by atoms with van der Waals surface area (Å²) in [6, 6.07) is 47.5. The standard InChI is InChI=1S/C43H40BN5/c1-30-17-16-18-31(2)42(30)44(48-29-47(33-19-8-7-9-20-33)38-25-14-15-26-39(38)48)46(6)40-27-32(43(3,4)5)28-41(45-40)49-36-23-12-10-21-34(36)35-22-11-13-24-37(35)49/h7-28H,1-6H3. The maximum atomic E-state index is 5.52. The highest BCUT2D eigenvalue weighted by Gasteiger charge is 2.37. The molecule has 240 valence electrons. The molecule has 8 aromatic rings. The molecule has 0 radical (unpaired) electrons. The van der Waals surface area contributed by atoms with Crippen LogP contribution in [0.5, 0.6) is 0 Å². The number of nitrogens with zero attached hydrogens (tertiary/aromatic N) is 5. The van der Waals surface area contributed by atoms with Crippen molar-refractivity contribution in [3.8, 4) is 11.5 Å². The fourth-order valence-electron chi connectivity index (χ4n) is 7.29. The Hall–Kier alpha value is -5.62. The number of benzene rings is 5. The predicted octanol–water partition coefficient (Wildman–Crippen LogP) is 8.50. The SMILES string of the molecule is Cc1cccc(C)c1B(N(C)c1cc(C(C)(C)C)cc(-n2c3ccccc3c3ccccc32)n1)[n+]1[c-]n(-c2ccccc2)c2ccccc21. The van der Waals surface area contributed by atoms with E-state index >= 15 is 0 Å². The number of hydrogen-bond acceptors (Lipinski definition) is 2. The Bertz CT molecular complexity index is 2410. The van der Waals surface area contributed by atoms with Gasteiger partial charge in [0.2, 0.25) is 6.33 Å². The number of anilines is 1. The smallest absolute Gasteiger partial charge is 0.359 e. The van der Waals surface area contributed by atoms with Crippen molar-refractivity contribution in [2.75, 3.05) is 11.9 Å². The third-order valence-electron chi connectivity index (χ3n) is 9.85. The summed E-state index contributed by atoms with van der Waals surface area (Å²) in [5.74, 6) is 1.81. The lowest BCUT2D eigenvalue weighted by Gasteiger charge is -2.29. The van der Waals surface area contributed by atoms with E-state index in [2.05, 4.69) is 200 Å². The first-order valence-corrected chi connectivity index (χ1v) is 17.0. The van der Waals surface area contributed by atoms with Gasteiger partial charge in [0.05, 0.1) is 22.2 Å². The number of fused-ring (bicyclic) bond motifs is 4. The lowest BCUT2D eigenvalue weighted by atomic mass is 9.62. The zero-order valence-corrected chi connectivity index (χ0v) is 29.0. The van der Waals surface area contributed by atoms with Crippen molar-refractivity contribution in [3.63, 3.8) is 0 Å². The molecular formula is C43H40BN5. The van der Waals surface area contributed by atoms with E-state index in [-0.39, 0.29) is 12.4 Å². The molecule has 0 bridgehead atoms. The van der Waals surface area contributed by atoms with E-state index in [9.17, 15) is 0 Å². The largest absolute Gasteiger partial charge is 0.520 e. The zero-order valence-electron chi connectivity index (χ0n) is 29.0. The quantitative estimate of drug-likeness (QED) is 0.135. The van der Waals surface area contributed by atoms with Gasteiger partial charge in [0, 0.05) is 16.3 Å². The molecule has 8 rings (SSSR count). The van der Waals surface area contributed by atoms with E-state index in [1.807, 2.05) is 0 Å². The van der Waals surface area contributed by atoms with Gasteiger partial charge in [-0.15, -0.1) is 0 Å². The topological polar surface area (TPSA) is 29.9 Å². The van der Waals surface area contributed by atoms with Gasteiger partial charge in [-0.3, -0.25) is 4.57 Å². The lowest BCUT2D eigenvalue weighted by Crippen LogP contribution is -2.69. The maximum absolute atomic E-state index is 5.52. The van der Waals surface area contributed by atoms with Gasteiger partial charge in [0.1, 0.15) is 11.6 Å². The number of hydrogen-bond donors (Lipinski definition) is 0. The Morgan fingerprint density at radius 3 is 1.88 bits per heavy atom. The highest BCUT2D eigenvalue weighted by molar-refractivity contribution is 6.70. The molecule has 3 heterocycles. The minimum absolute atomic E-state index is 0.108. The number of pyridine rings is 1. The molecule has 0 spiro atoms. The highest BCUT2D eigenvalue weighted by atomic mass is 15.2. The van der Waals surface area contributed by atoms with Gasteiger partial charge in [0.25, 0.3) is 0 Å². The Morgan fingerprint density at radius 1 is 0.673 bits per heavy atom. The molecule has 49 heavy (non-hydrogen) atoms. The predicted molar refractivity (Wildman–Crippen MR) is 205 cm³/mol. The van der Waals surface area contributed by atoms with E-state index in [0.717, 1.165) is 39.4 Å². The van der Waals surface area contributed by atoms with E-state index in [4.69, 9.17) is 4.98 Å². The molecule has 0 N–H and O–H groups in total. The van der Waals surface area contributed by atoms with Gasteiger partial charge < -0.3 is 13.9 Å². The fourth-order valence-corrected chi connectivity index (χ4v) is 7.29. The number of imidazole rings is 1. The molecule has 0 aliphatic rings. The molecule has 5 aromatic carbocycles. The van der Waals surface area contributed by atoms with Gasteiger partial charge in [-0.05, 0) is 72.7 Å². The summed E-state index contributed by atoms with van der Waals surface area (Å²) in [5, 5.41) is 2.45. The Labute approximate surface area is 288 Å². The van der Waals surface area contributed by atoms with Crippen LogP contribution in [0.1, 0.15) is 37.5 Å². The Morgan fingerprint density at radius 2 is 1.24 bits per heavy atom. The maximum Gasteiger partial charge on any atom is 0.520 e. The van der Waals surface area contributed by atoms with Crippen LogP contribution in [0.4, 0.5) is 5.82 Å². The second-order valence-electron chi connectivity index (χ2n) is 14.1. The molecule has 3 aromatic heterocycles. The first kappa shape index (κ1) is 30.7. The lowest BCUT2D eigenvalue weighted by molar-refractivity contribution is -0.511. The Kier molecular flexibility index (Phi) is 7.40. The fraction of sp³-hybridized carbons (Fsp3) is 0.163. The van der Waals surface area contributed by atoms with Crippen LogP contribution in [0.2, 0.25) is 0 Å². The van der Waals surface area contributed by atoms with Crippen LogP contribution >= 0.6 is 0 Å². The summed E-state index contributed by atoms with van der Waals surface area (Å²) in [5.41, 5.74) is 10.4. The van der Waals surface area contributed by atoms with Crippen molar-refractivity contribution < 1.29 is 4.48 Å². The average molecular weight is 638 g/mol. The molecule has 5 nitrogen and oxygen atoms in total. The van der Waals surface area contributed by atoms with Gasteiger partial charge in [-0.25, -0.2) is 4.98 Å².